The normalized spacial score (nSPS) is 14.5. The average Bonchev–Trinajstić information content (AvgIpc) is 3.35. The van der Waals surface area contributed by atoms with Crippen molar-refractivity contribution in [2.45, 2.75) is 36.3 Å². The molecule has 134 valence electrons. The van der Waals surface area contributed by atoms with Crippen molar-refractivity contribution in [3.8, 4) is 0 Å². The van der Waals surface area contributed by atoms with Crippen molar-refractivity contribution in [2.75, 3.05) is 0 Å². The Kier molecular flexibility index (Phi) is 4.24. The van der Waals surface area contributed by atoms with Crippen LogP contribution in [0, 0.1) is 0 Å². The molecule has 26 heavy (non-hydrogen) atoms. The van der Waals surface area contributed by atoms with Crippen LogP contribution in [0.1, 0.15) is 18.4 Å². The fraction of sp³-hybridized carbons (Fsp3) is 0.263. The maximum absolute atomic E-state index is 13.0. The van der Waals surface area contributed by atoms with Crippen molar-refractivity contribution in [1.29, 1.82) is 0 Å². The number of nitrogens with one attached hydrogen (secondary N) is 1. The Morgan fingerprint density at radius 3 is 2.50 bits per heavy atom. The van der Waals surface area contributed by atoms with Gasteiger partial charge < -0.3 is 9.88 Å². The molecule has 1 saturated carbocycles. The van der Waals surface area contributed by atoms with Crippen molar-refractivity contribution in [1.82, 2.24) is 14.9 Å². The quantitative estimate of drug-likeness (QED) is 0.723. The second kappa shape index (κ2) is 6.57. The third-order valence-corrected chi connectivity index (χ3v) is 5.92. The summed E-state index contributed by atoms with van der Waals surface area (Å²) in [6.45, 7) is -0.0552. The van der Waals surface area contributed by atoms with Gasteiger partial charge in [-0.2, -0.15) is 0 Å². The first kappa shape index (κ1) is 16.8. The molecule has 0 unspecified atom stereocenters. The summed E-state index contributed by atoms with van der Waals surface area (Å²) in [7, 11) is -3.69. The van der Waals surface area contributed by atoms with Crippen molar-refractivity contribution < 1.29 is 13.2 Å². The summed E-state index contributed by atoms with van der Waals surface area (Å²) in [5.74, 6) is -0.340. The molecule has 0 saturated heterocycles. The largest absolute Gasteiger partial charge is 0.352 e. The number of sulfone groups is 1. The maximum atomic E-state index is 13.0. The van der Waals surface area contributed by atoms with E-state index in [9.17, 15) is 13.2 Å². The standard InChI is InChI=1S/C19H19N3O3S/c23-18(20-15-10-11-15)12-22-17-9-5-4-8-16(17)21-19(22)26(24,25)13-14-6-2-1-3-7-14/h1-9,15H,10-13H2,(H,20,23). The Balaban J connectivity index is 1.73. The van der Waals surface area contributed by atoms with E-state index in [-0.39, 0.29) is 29.4 Å². The van der Waals surface area contributed by atoms with E-state index in [0.717, 1.165) is 12.8 Å². The number of imidazole rings is 1. The van der Waals surface area contributed by atoms with E-state index in [1.54, 1.807) is 42.5 Å². The van der Waals surface area contributed by atoms with E-state index >= 15 is 0 Å². The van der Waals surface area contributed by atoms with Crippen LogP contribution in [0.5, 0.6) is 0 Å². The summed E-state index contributed by atoms with van der Waals surface area (Å²) in [6, 6.07) is 16.4. The lowest BCUT2D eigenvalue weighted by Gasteiger charge is -2.10. The van der Waals surface area contributed by atoms with E-state index in [0.29, 0.717) is 16.6 Å². The second-order valence-electron chi connectivity index (χ2n) is 6.56. The number of fused-ring (bicyclic) bond motifs is 1. The van der Waals surface area contributed by atoms with Crippen LogP contribution in [-0.4, -0.2) is 29.9 Å². The Hall–Kier alpha value is -2.67. The molecule has 1 aromatic heterocycles. The van der Waals surface area contributed by atoms with Crippen LogP contribution in [0.3, 0.4) is 0 Å². The molecule has 1 amide bonds. The first-order valence-corrected chi connectivity index (χ1v) is 10.2. The van der Waals surface area contributed by atoms with Gasteiger partial charge in [0.15, 0.2) is 0 Å². The third kappa shape index (κ3) is 3.48. The van der Waals surface area contributed by atoms with Gasteiger partial charge in [-0.25, -0.2) is 13.4 Å². The average molecular weight is 369 g/mol. The molecule has 0 atom stereocenters. The Morgan fingerprint density at radius 1 is 1.08 bits per heavy atom. The van der Waals surface area contributed by atoms with Gasteiger partial charge in [0.1, 0.15) is 6.54 Å². The van der Waals surface area contributed by atoms with Gasteiger partial charge in [-0.3, -0.25) is 4.79 Å². The molecule has 3 aromatic rings. The number of rotatable bonds is 6. The summed E-state index contributed by atoms with van der Waals surface area (Å²) in [4.78, 5) is 16.6. The van der Waals surface area contributed by atoms with E-state index in [1.165, 1.54) is 4.57 Å². The lowest BCUT2D eigenvalue weighted by molar-refractivity contribution is -0.121. The highest BCUT2D eigenvalue weighted by Gasteiger charge is 2.27. The number of para-hydroxylation sites is 2. The maximum Gasteiger partial charge on any atom is 0.240 e. The van der Waals surface area contributed by atoms with Crippen LogP contribution >= 0.6 is 0 Å². The predicted octanol–water partition coefficient (Wildman–Crippen LogP) is 2.29. The van der Waals surface area contributed by atoms with Gasteiger partial charge in [0, 0.05) is 6.04 Å². The van der Waals surface area contributed by atoms with Gasteiger partial charge in [0.2, 0.25) is 20.9 Å². The molecule has 1 heterocycles. The molecule has 0 radical (unpaired) electrons. The summed E-state index contributed by atoms with van der Waals surface area (Å²) in [5.41, 5.74) is 1.90. The predicted molar refractivity (Wildman–Crippen MR) is 98.2 cm³/mol. The highest BCUT2D eigenvalue weighted by Crippen LogP contribution is 2.23. The topological polar surface area (TPSA) is 81.1 Å². The number of benzene rings is 2. The zero-order valence-corrected chi connectivity index (χ0v) is 14.9. The molecule has 0 bridgehead atoms. The summed E-state index contributed by atoms with van der Waals surface area (Å²) >= 11 is 0. The van der Waals surface area contributed by atoms with E-state index in [4.69, 9.17) is 0 Å². The second-order valence-corrected chi connectivity index (χ2v) is 8.44. The van der Waals surface area contributed by atoms with Crippen LogP contribution in [0.4, 0.5) is 0 Å². The molecule has 0 aliphatic heterocycles. The number of carbonyl (C=O) groups is 1. The monoisotopic (exact) mass is 369 g/mol. The molecule has 7 heteroatoms. The zero-order valence-electron chi connectivity index (χ0n) is 14.1. The van der Waals surface area contributed by atoms with Gasteiger partial charge in [-0.05, 0) is 30.5 Å². The van der Waals surface area contributed by atoms with Crippen molar-refractivity contribution in [3.05, 3.63) is 60.2 Å². The smallest absolute Gasteiger partial charge is 0.240 e. The van der Waals surface area contributed by atoms with E-state index in [1.807, 2.05) is 12.1 Å². The molecule has 2 aromatic carbocycles. The molecule has 1 aliphatic rings. The lowest BCUT2D eigenvalue weighted by atomic mass is 10.2. The summed E-state index contributed by atoms with van der Waals surface area (Å²) < 4.78 is 27.5. The molecule has 4 rings (SSSR count). The highest BCUT2D eigenvalue weighted by atomic mass is 32.2. The fourth-order valence-electron chi connectivity index (χ4n) is 2.95. The summed E-state index contributed by atoms with van der Waals surface area (Å²) in [5, 5.41) is 2.84. The lowest BCUT2D eigenvalue weighted by Crippen LogP contribution is -2.30. The van der Waals surface area contributed by atoms with E-state index < -0.39 is 9.84 Å². The minimum atomic E-state index is -3.69. The molecular weight excluding hydrogens is 350 g/mol. The SMILES string of the molecule is O=C(Cn1c(S(=O)(=O)Cc2ccccc2)nc2ccccc21)NC1CC1. The Bertz CT molecular complexity index is 1050. The molecule has 1 N–H and O–H groups in total. The van der Waals surface area contributed by atoms with Gasteiger partial charge in [0.25, 0.3) is 0 Å². The Labute approximate surface area is 151 Å². The molecule has 1 aliphatic carbocycles. The minimum absolute atomic E-state index is 0.0552. The van der Waals surface area contributed by atoms with E-state index in [2.05, 4.69) is 10.3 Å². The first-order valence-electron chi connectivity index (χ1n) is 8.54. The fourth-order valence-corrected chi connectivity index (χ4v) is 4.44. The van der Waals surface area contributed by atoms with Gasteiger partial charge >= 0.3 is 0 Å². The van der Waals surface area contributed by atoms with Crippen LogP contribution in [0.2, 0.25) is 0 Å². The van der Waals surface area contributed by atoms with Crippen LogP contribution in [0.25, 0.3) is 11.0 Å². The molecular formula is C19H19N3O3S. The van der Waals surface area contributed by atoms with Crippen LogP contribution < -0.4 is 5.32 Å². The molecule has 1 fully saturated rings. The van der Waals surface area contributed by atoms with Gasteiger partial charge in [0.05, 0.1) is 16.8 Å². The number of hydrogen-bond acceptors (Lipinski definition) is 4. The van der Waals surface area contributed by atoms with Crippen molar-refractivity contribution in [2.24, 2.45) is 0 Å². The third-order valence-electron chi connectivity index (χ3n) is 4.34. The van der Waals surface area contributed by atoms with Gasteiger partial charge in [-0.1, -0.05) is 42.5 Å². The number of aromatic nitrogens is 2. The number of amides is 1. The number of carbonyl (C=O) groups excluding carboxylic acids is 1. The number of hydrogen-bond donors (Lipinski definition) is 1. The first-order chi connectivity index (χ1) is 12.5. The number of nitrogens with zero attached hydrogens (tertiary/aromatic N) is 2. The molecule has 0 spiro atoms. The molecule has 6 nitrogen and oxygen atoms in total. The van der Waals surface area contributed by atoms with Crippen molar-refractivity contribution in [3.63, 3.8) is 0 Å². The zero-order chi connectivity index (χ0) is 18.1. The van der Waals surface area contributed by atoms with Gasteiger partial charge in [-0.15, -0.1) is 0 Å². The van der Waals surface area contributed by atoms with Crippen LogP contribution in [0.15, 0.2) is 59.8 Å². The van der Waals surface area contributed by atoms with Crippen LogP contribution in [-0.2, 0) is 26.9 Å². The van der Waals surface area contributed by atoms with Crippen molar-refractivity contribution >= 4 is 26.8 Å². The minimum Gasteiger partial charge on any atom is -0.352 e. The summed E-state index contributed by atoms with van der Waals surface area (Å²) in [6.07, 6.45) is 1.96. The Morgan fingerprint density at radius 2 is 1.77 bits per heavy atom. The highest BCUT2D eigenvalue weighted by molar-refractivity contribution is 7.90.